The Kier molecular flexibility index (Phi) is 6.91. The van der Waals surface area contributed by atoms with Crippen molar-refractivity contribution in [2.45, 2.75) is 20.4 Å². The molecule has 0 fully saturated rings. The summed E-state index contributed by atoms with van der Waals surface area (Å²) < 4.78 is 9.55. The summed E-state index contributed by atoms with van der Waals surface area (Å²) in [5.74, 6) is 0.0332. The van der Waals surface area contributed by atoms with Gasteiger partial charge in [0.1, 0.15) is 18.9 Å². The smallest absolute Gasteiger partial charge is 0.332 e. The Morgan fingerprint density at radius 2 is 1.87 bits per heavy atom. The summed E-state index contributed by atoms with van der Waals surface area (Å²) in [5.41, 5.74) is -0.137. The number of amides is 1. The fourth-order valence-electron chi connectivity index (χ4n) is 3.39. The van der Waals surface area contributed by atoms with E-state index in [4.69, 9.17) is 4.74 Å². The van der Waals surface area contributed by atoms with Crippen LogP contribution < -0.4 is 21.3 Å². The first-order valence-corrected chi connectivity index (χ1v) is 10.2. The van der Waals surface area contributed by atoms with E-state index in [0.29, 0.717) is 18.0 Å². The summed E-state index contributed by atoms with van der Waals surface area (Å²) in [5, 5.41) is 2.75. The number of aryl methyl sites for hydroxylation is 2. The van der Waals surface area contributed by atoms with Gasteiger partial charge in [-0.3, -0.25) is 14.2 Å². The molecule has 31 heavy (non-hydrogen) atoms. The molecule has 2 heterocycles. The Bertz CT molecular complexity index is 1190. The summed E-state index contributed by atoms with van der Waals surface area (Å²) in [6, 6.07) is 7.08. The van der Waals surface area contributed by atoms with E-state index < -0.39 is 23.7 Å². The van der Waals surface area contributed by atoms with E-state index in [1.54, 1.807) is 25.2 Å². The number of likely N-dealkylation sites (N-methyl/N-ethyl adjacent to an activating group) is 1. The lowest BCUT2D eigenvalue weighted by Gasteiger charge is -2.19. The van der Waals surface area contributed by atoms with Crippen LogP contribution >= 0.6 is 0 Å². The first kappa shape index (κ1) is 22.3. The number of nitrogens with one attached hydrogen (secondary N) is 1. The van der Waals surface area contributed by atoms with Gasteiger partial charge in [0.05, 0.1) is 12.0 Å². The molecular formula is C21H28N6O4. The summed E-state index contributed by atoms with van der Waals surface area (Å²) in [7, 11) is 3.18. The van der Waals surface area contributed by atoms with E-state index in [-0.39, 0.29) is 11.2 Å². The van der Waals surface area contributed by atoms with Crippen LogP contribution in [0.25, 0.3) is 11.2 Å². The lowest BCUT2D eigenvalue weighted by molar-refractivity contribution is -0.116. The Morgan fingerprint density at radius 1 is 1.16 bits per heavy atom. The normalized spacial score (nSPS) is 11.3. The number of ether oxygens (including phenoxy) is 1. The van der Waals surface area contributed by atoms with Crippen LogP contribution in [0.1, 0.15) is 13.8 Å². The standard InChI is InChI=1S/C21H28N6O4/c1-5-26(6-2)11-12-31-16-10-8-7-9-15(16)23-17(28)13-27-20(29)18-19(22-14-24(18)3)25(4)21(27)30/h7-10,14H,5-6,11-13H2,1-4H3,(H,23,28). The summed E-state index contributed by atoms with van der Waals surface area (Å²) in [4.78, 5) is 44.4. The number of rotatable bonds is 9. The van der Waals surface area contributed by atoms with E-state index in [2.05, 4.69) is 29.0 Å². The second kappa shape index (κ2) is 9.61. The van der Waals surface area contributed by atoms with Crippen molar-refractivity contribution in [3.05, 3.63) is 51.4 Å². The molecule has 0 saturated heterocycles. The molecule has 0 aliphatic carbocycles. The van der Waals surface area contributed by atoms with Crippen molar-refractivity contribution in [3.8, 4) is 5.75 Å². The summed E-state index contributed by atoms with van der Waals surface area (Å²) in [6.07, 6.45) is 1.46. The third-order valence-electron chi connectivity index (χ3n) is 5.22. The minimum Gasteiger partial charge on any atom is -0.490 e. The Hall–Kier alpha value is -3.40. The molecular weight excluding hydrogens is 400 g/mol. The second-order valence-corrected chi connectivity index (χ2v) is 7.18. The van der Waals surface area contributed by atoms with Crippen molar-refractivity contribution in [2.75, 3.05) is 31.6 Å². The highest BCUT2D eigenvalue weighted by atomic mass is 16.5. The van der Waals surface area contributed by atoms with Crippen molar-refractivity contribution in [3.63, 3.8) is 0 Å². The van der Waals surface area contributed by atoms with Crippen LogP contribution in [0.3, 0.4) is 0 Å². The minimum atomic E-state index is -0.602. The molecule has 1 aromatic carbocycles. The highest BCUT2D eigenvalue weighted by Gasteiger charge is 2.17. The van der Waals surface area contributed by atoms with Gasteiger partial charge in [0, 0.05) is 20.6 Å². The third-order valence-corrected chi connectivity index (χ3v) is 5.22. The fraction of sp³-hybridized carbons (Fsp3) is 0.429. The molecule has 0 unspecified atom stereocenters. The van der Waals surface area contributed by atoms with Gasteiger partial charge in [-0.1, -0.05) is 26.0 Å². The van der Waals surface area contributed by atoms with Crippen molar-refractivity contribution in [2.24, 2.45) is 14.1 Å². The highest BCUT2D eigenvalue weighted by Crippen LogP contribution is 2.23. The molecule has 0 radical (unpaired) electrons. The van der Waals surface area contributed by atoms with E-state index in [1.807, 2.05) is 6.07 Å². The van der Waals surface area contributed by atoms with Crippen LogP contribution in [0, 0.1) is 0 Å². The molecule has 1 amide bonds. The lowest BCUT2D eigenvalue weighted by atomic mass is 10.3. The van der Waals surface area contributed by atoms with Gasteiger partial charge < -0.3 is 19.5 Å². The highest BCUT2D eigenvalue weighted by molar-refractivity contribution is 5.92. The number of hydrogen-bond acceptors (Lipinski definition) is 6. The molecule has 0 spiro atoms. The first-order valence-electron chi connectivity index (χ1n) is 10.2. The number of para-hydroxylation sites is 2. The number of anilines is 1. The number of fused-ring (bicyclic) bond motifs is 1. The van der Waals surface area contributed by atoms with Crippen LogP contribution in [0.5, 0.6) is 5.75 Å². The molecule has 3 aromatic rings. The predicted octanol–water partition coefficient (Wildman–Crippen LogP) is 0.793. The van der Waals surface area contributed by atoms with Crippen molar-refractivity contribution < 1.29 is 9.53 Å². The van der Waals surface area contributed by atoms with Gasteiger partial charge in [0.15, 0.2) is 11.2 Å². The van der Waals surface area contributed by atoms with Crippen molar-refractivity contribution in [1.82, 2.24) is 23.6 Å². The van der Waals surface area contributed by atoms with Gasteiger partial charge in [-0.25, -0.2) is 14.3 Å². The molecule has 0 aliphatic heterocycles. The number of carbonyl (C=O) groups is 1. The molecule has 0 atom stereocenters. The SMILES string of the molecule is CCN(CC)CCOc1ccccc1NC(=O)Cn1c(=O)c2c(ncn2C)n(C)c1=O. The topological polar surface area (TPSA) is 103 Å². The summed E-state index contributed by atoms with van der Waals surface area (Å²) in [6.45, 7) is 6.88. The molecule has 0 bridgehead atoms. The predicted molar refractivity (Wildman–Crippen MR) is 119 cm³/mol. The monoisotopic (exact) mass is 428 g/mol. The number of nitrogens with zero attached hydrogens (tertiary/aromatic N) is 5. The second-order valence-electron chi connectivity index (χ2n) is 7.18. The largest absolute Gasteiger partial charge is 0.490 e. The van der Waals surface area contributed by atoms with Crippen molar-refractivity contribution >= 4 is 22.8 Å². The van der Waals surface area contributed by atoms with Crippen LogP contribution in [0.2, 0.25) is 0 Å². The molecule has 2 aromatic heterocycles. The molecule has 166 valence electrons. The number of aromatic nitrogens is 4. The number of hydrogen-bond donors (Lipinski definition) is 1. The van der Waals surface area contributed by atoms with Gasteiger partial charge in [-0.2, -0.15) is 0 Å². The number of imidazole rings is 1. The van der Waals surface area contributed by atoms with E-state index >= 15 is 0 Å². The molecule has 3 rings (SSSR count). The van der Waals surface area contributed by atoms with Crippen LogP contribution in [0.15, 0.2) is 40.2 Å². The van der Waals surface area contributed by atoms with Crippen LogP contribution in [0.4, 0.5) is 5.69 Å². The van der Waals surface area contributed by atoms with E-state index in [9.17, 15) is 14.4 Å². The van der Waals surface area contributed by atoms with Crippen molar-refractivity contribution in [1.29, 1.82) is 0 Å². The van der Waals surface area contributed by atoms with Crippen LogP contribution in [-0.4, -0.2) is 55.7 Å². The zero-order chi connectivity index (χ0) is 22.5. The van der Waals surface area contributed by atoms with Crippen LogP contribution in [-0.2, 0) is 25.4 Å². The Labute approximate surface area is 179 Å². The maximum Gasteiger partial charge on any atom is 0.332 e. The lowest BCUT2D eigenvalue weighted by Crippen LogP contribution is -2.42. The average Bonchev–Trinajstić information content (AvgIpc) is 3.15. The van der Waals surface area contributed by atoms with E-state index in [0.717, 1.165) is 24.2 Å². The van der Waals surface area contributed by atoms with Gasteiger partial charge in [0.25, 0.3) is 5.56 Å². The summed E-state index contributed by atoms with van der Waals surface area (Å²) >= 11 is 0. The number of benzene rings is 1. The zero-order valence-corrected chi connectivity index (χ0v) is 18.3. The minimum absolute atomic E-state index is 0.259. The third kappa shape index (κ3) is 4.69. The molecule has 0 aliphatic rings. The van der Waals surface area contributed by atoms with Gasteiger partial charge in [0.2, 0.25) is 5.91 Å². The molecule has 10 nitrogen and oxygen atoms in total. The first-order chi connectivity index (χ1) is 14.9. The Morgan fingerprint density at radius 3 is 2.58 bits per heavy atom. The maximum absolute atomic E-state index is 12.8. The van der Waals surface area contributed by atoms with Gasteiger partial charge >= 0.3 is 5.69 Å². The molecule has 10 heteroatoms. The van der Waals surface area contributed by atoms with E-state index in [1.165, 1.54) is 22.5 Å². The maximum atomic E-state index is 12.8. The van der Waals surface area contributed by atoms with Gasteiger partial charge in [-0.15, -0.1) is 0 Å². The fourth-order valence-corrected chi connectivity index (χ4v) is 3.39. The van der Waals surface area contributed by atoms with Gasteiger partial charge in [-0.05, 0) is 25.2 Å². The molecule has 0 saturated carbocycles. The zero-order valence-electron chi connectivity index (χ0n) is 18.3. The Balaban J connectivity index is 1.77. The number of carbonyl (C=O) groups excluding carboxylic acids is 1. The average molecular weight is 428 g/mol. The quantitative estimate of drug-likeness (QED) is 0.541. The molecule has 1 N–H and O–H groups in total.